The van der Waals surface area contributed by atoms with Gasteiger partial charge >= 0.3 is 5.97 Å². The summed E-state index contributed by atoms with van der Waals surface area (Å²) in [5, 5.41) is 0. The molecule has 170 valence electrons. The maximum absolute atomic E-state index is 13.7. The van der Waals surface area contributed by atoms with Crippen molar-refractivity contribution in [3.8, 4) is 17.2 Å². The Labute approximate surface area is 181 Å². The Morgan fingerprint density at radius 2 is 1.65 bits per heavy atom. The highest BCUT2D eigenvalue weighted by Gasteiger charge is 2.29. The minimum atomic E-state index is -4.15. The molecule has 10 heteroatoms. The molecule has 0 amide bonds. The number of carbonyl (C=O) groups excluding carboxylic acids is 1. The number of aryl methyl sites for hydroxylation is 1. The zero-order chi connectivity index (χ0) is 23.2. The van der Waals surface area contributed by atoms with Gasteiger partial charge in [0, 0.05) is 6.54 Å². The molecule has 0 unspecified atom stereocenters. The van der Waals surface area contributed by atoms with Crippen LogP contribution in [-0.4, -0.2) is 53.2 Å². The molecule has 0 fully saturated rings. The maximum Gasteiger partial charge on any atom is 0.321 e. The molecular formula is C21H26FNO7S. The highest BCUT2D eigenvalue weighted by molar-refractivity contribution is 7.89. The predicted molar refractivity (Wildman–Crippen MR) is 111 cm³/mol. The first-order valence-corrected chi connectivity index (χ1v) is 10.8. The molecule has 0 saturated carbocycles. The number of halogens is 1. The summed E-state index contributed by atoms with van der Waals surface area (Å²) in [6.07, 6.45) is 0. The molecule has 0 aromatic heterocycles. The van der Waals surface area contributed by atoms with E-state index >= 15 is 0 Å². The molecule has 0 heterocycles. The van der Waals surface area contributed by atoms with Crippen molar-refractivity contribution in [2.24, 2.45) is 0 Å². The Morgan fingerprint density at radius 3 is 2.13 bits per heavy atom. The Bertz CT molecular complexity index is 1020. The first-order chi connectivity index (χ1) is 14.7. The predicted octanol–water partition coefficient (Wildman–Crippen LogP) is 2.91. The lowest BCUT2D eigenvalue weighted by molar-refractivity contribution is -0.143. The minimum absolute atomic E-state index is 0.104. The van der Waals surface area contributed by atoms with Crippen LogP contribution in [0.2, 0.25) is 0 Å². The summed E-state index contributed by atoms with van der Waals surface area (Å²) in [7, 11) is 0.179. The molecule has 0 aliphatic carbocycles. The van der Waals surface area contributed by atoms with Gasteiger partial charge in [0.25, 0.3) is 0 Å². The van der Waals surface area contributed by atoms with Gasteiger partial charge in [0.2, 0.25) is 15.8 Å². The number of carbonyl (C=O) groups is 1. The van der Waals surface area contributed by atoms with E-state index in [9.17, 15) is 17.6 Å². The lowest BCUT2D eigenvalue weighted by Gasteiger charge is -2.23. The van der Waals surface area contributed by atoms with Crippen LogP contribution < -0.4 is 14.2 Å². The van der Waals surface area contributed by atoms with Crippen LogP contribution in [0, 0.1) is 12.7 Å². The van der Waals surface area contributed by atoms with Crippen LogP contribution in [0.3, 0.4) is 0 Å². The zero-order valence-corrected chi connectivity index (χ0v) is 18.9. The molecule has 0 radical (unpaired) electrons. The van der Waals surface area contributed by atoms with Gasteiger partial charge in [-0.1, -0.05) is 0 Å². The third-order valence-corrected chi connectivity index (χ3v) is 6.25. The van der Waals surface area contributed by atoms with Gasteiger partial charge in [-0.15, -0.1) is 0 Å². The van der Waals surface area contributed by atoms with E-state index < -0.39 is 28.4 Å². The van der Waals surface area contributed by atoms with Crippen molar-refractivity contribution in [2.75, 3.05) is 34.5 Å². The third kappa shape index (κ3) is 5.65. The summed E-state index contributed by atoms with van der Waals surface area (Å²) < 4.78 is 62.0. The Kier molecular flexibility index (Phi) is 8.23. The van der Waals surface area contributed by atoms with Gasteiger partial charge in [-0.2, -0.15) is 4.31 Å². The molecule has 0 atom stereocenters. The molecular weight excluding hydrogens is 429 g/mol. The number of rotatable bonds is 10. The van der Waals surface area contributed by atoms with E-state index in [1.54, 1.807) is 19.1 Å². The van der Waals surface area contributed by atoms with Gasteiger partial charge in [-0.05, 0) is 55.3 Å². The lowest BCUT2D eigenvalue weighted by Crippen LogP contribution is -2.36. The van der Waals surface area contributed by atoms with E-state index in [0.29, 0.717) is 22.8 Å². The Balaban J connectivity index is 2.52. The van der Waals surface area contributed by atoms with Crippen LogP contribution >= 0.6 is 0 Å². The molecule has 2 rings (SSSR count). The van der Waals surface area contributed by atoms with E-state index in [-0.39, 0.29) is 23.6 Å². The summed E-state index contributed by atoms with van der Waals surface area (Å²) in [4.78, 5) is 12.0. The van der Waals surface area contributed by atoms with Crippen LogP contribution in [0.1, 0.15) is 18.1 Å². The monoisotopic (exact) mass is 455 g/mol. The Hall–Kier alpha value is -2.85. The van der Waals surface area contributed by atoms with Gasteiger partial charge in [-0.25, -0.2) is 12.8 Å². The quantitative estimate of drug-likeness (QED) is 0.509. The fourth-order valence-electron chi connectivity index (χ4n) is 2.93. The van der Waals surface area contributed by atoms with Crippen LogP contribution in [0.25, 0.3) is 0 Å². The van der Waals surface area contributed by atoms with Gasteiger partial charge in [-0.3, -0.25) is 4.79 Å². The summed E-state index contributed by atoms with van der Waals surface area (Å²) in [6.45, 7) is 2.48. The van der Waals surface area contributed by atoms with E-state index in [0.717, 1.165) is 16.4 Å². The molecule has 0 bridgehead atoms. The summed E-state index contributed by atoms with van der Waals surface area (Å²) in [5.41, 5.74) is 0.658. The fraction of sp³-hybridized carbons (Fsp3) is 0.381. The molecule has 0 aliphatic heterocycles. The summed E-state index contributed by atoms with van der Waals surface area (Å²) in [5.74, 6) is -0.216. The van der Waals surface area contributed by atoms with E-state index in [2.05, 4.69) is 0 Å². The number of hydrogen-bond donors (Lipinski definition) is 0. The number of sulfonamides is 1. The largest absolute Gasteiger partial charge is 0.493 e. The van der Waals surface area contributed by atoms with Crippen LogP contribution in [-0.2, 0) is 26.1 Å². The first-order valence-electron chi connectivity index (χ1n) is 9.38. The molecule has 2 aromatic carbocycles. The molecule has 0 saturated heterocycles. The third-order valence-electron chi connectivity index (χ3n) is 4.46. The summed E-state index contributed by atoms with van der Waals surface area (Å²) in [6, 6.07) is 6.63. The van der Waals surface area contributed by atoms with Gasteiger partial charge in [0.1, 0.15) is 12.4 Å². The van der Waals surface area contributed by atoms with Crippen LogP contribution in [0.5, 0.6) is 17.2 Å². The standard InChI is InChI=1S/C21H26FNO7S/c1-6-30-20(24)13-23(31(25,26)16-7-8-17(22)14(2)9-16)12-15-10-18(27-3)21(29-5)19(11-15)28-4/h7-11H,6,12-13H2,1-5H3. The smallest absolute Gasteiger partial charge is 0.321 e. The van der Waals surface area contributed by atoms with Crippen molar-refractivity contribution in [1.82, 2.24) is 4.31 Å². The van der Waals surface area contributed by atoms with Gasteiger partial charge < -0.3 is 18.9 Å². The van der Waals surface area contributed by atoms with Crippen molar-refractivity contribution in [3.05, 3.63) is 47.3 Å². The number of esters is 1. The van der Waals surface area contributed by atoms with Crippen molar-refractivity contribution >= 4 is 16.0 Å². The molecule has 2 aromatic rings. The highest BCUT2D eigenvalue weighted by Crippen LogP contribution is 2.38. The number of benzene rings is 2. The normalized spacial score (nSPS) is 11.3. The highest BCUT2D eigenvalue weighted by atomic mass is 32.2. The summed E-state index contributed by atoms with van der Waals surface area (Å²) >= 11 is 0. The second-order valence-corrected chi connectivity index (χ2v) is 8.46. The van der Waals surface area contributed by atoms with Crippen molar-refractivity contribution in [3.63, 3.8) is 0 Å². The molecule has 8 nitrogen and oxygen atoms in total. The number of nitrogens with zero attached hydrogens (tertiary/aromatic N) is 1. The van der Waals surface area contributed by atoms with E-state index in [4.69, 9.17) is 18.9 Å². The second kappa shape index (κ2) is 10.5. The average Bonchev–Trinajstić information content (AvgIpc) is 2.74. The second-order valence-electron chi connectivity index (χ2n) is 6.52. The number of hydrogen-bond acceptors (Lipinski definition) is 7. The molecule has 0 aliphatic rings. The van der Waals surface area contributed by atoms with Crippen molar-refractivity contribution in [1.29, 1.82) is 0 Å². The van der Waals surface area contributed by atoms with E-state index in [1.165, 1.54) is 34.3 Å². The van der Waals surface area contributed by atoms with Crippen molar-refractivity contribution < 1.29 is 36.6 Å². The maximum atomic E-state index is 13.7. The minimum Gasteiger partial charge on any atom is -0.493 e. The molecule has 0 N–H and O–H groups in total. The lowest BCUT2D eigenvalue weighted by atomic mass is 10.1. The van der Waals surface area contributed by atoms with Gasteiger partial charge in [0.15, 0.2) is 11.5 Å². The topological polar surface area (TPSA) is 91.4 Å². The van der Waals surface area contributed by atoms with Crippen LogP contribution in [0.15, 0.2) is 35.2 Å². The molecule has 31 heavy (non-hydrogen) atoms. The van der Waals surface area contributed by atoms with Crippen molar-refractivity contribution in [2.45, 2.75) is 25.3 Å². The zero-order valence-electron chi connectivity index (χ0n) is 18.1. The fourth-order valence-corrected chi connectivity index (χ4v) is 4.39. The van der Waals surface area contributed by atoms with E-state index in [1.807, 2.05) is 0 Å². The average molecular weight is 456 g/mol. The number of methoxy groups -OCH3 is 3. The SMILES string of the molecule is CCOC(=O)CN(Cc1cc(OC)c(OC)c(OC)c1)S(=O)(=O)c1ccc(F)c(C)c1. The van der Waals surface area contributed by atoms with Gasteiger partial charge in [0.05, 0.1) is 32.8 Å². The van der Waals surface area contributed by atoms with Crippen LogP contribution in [0.4, 0.5) is 4.39 Å². The number of ether oxygens (including phenoxy) is 4. The first kappa shape index (κ1) is 24.4. The molecule has 0 spiro atoms. The Morgan fingerprint density at radius 1 is 1.03 bits per heavy atom.